The molecule has 0 saturated heterocycles. The van der Waals surface area contributed by atoms with Crippen LogP contribution in [0.25, 0.3) is 10.9 Å². The minimum Gasteiger partial charge on any atom is -0.493 e. The molecule has 2 N–H and O–H groups in total. The largest absolute Gasteiger partial charge is 0.493 e. The maximum Gasteiger partial charge on any atom is 0.248 e. The van der Waals surface area contributed by atoms with Crippen molar-refractivity contribution in [1.82, 2.24) is 4.98 Å². The third-order valence-electron chi connectivity index (χ3n) is 2.27. The van der Waals surface area contributed by atoms with E-state index in [9.17, 15) is 4.79 Å². The van der Waals surface area contributed by atoms with Gasteiger partial charge < -0.3 is 14.8 Å². The predicted molar refractivity (Wildman–Crippen MR) is 61.8 cm³/mol. The number of hydrogen-bond donors (Lipinski definition) is 2. The standard InChI is InChI=1S/C12H13NO3/c14-6-1-7-16-10-3-4-11-9(8-10)2-5-12(15)13-11/h2-5,8,14H,1,6-7H2,(H,13,15). The molecule has 0 radical (unpaired) electrons. The molecule has 0 saturated carbocycles. The summed E-state index contributed by atoms with van der Waals surface area (Å²) in [6.45, 7) is 0.617. The van der Waals surface area contributed by atoms with Crippen molar-refractivity contribution in [3.63, 3.8) is 0 Å². The van der Waals surface area contributed by atoms with Crippen LogP contribution in [0, 0.1) is 0 Å². The van der Waals surface area contributed by atoms with E-state index in [4.69, 9.17) is 9.84 Å². The highest BCUT2D eigenvalue weighted by molar-refractivity contribution is 5.79. The van der Waals surface area contributed by atoms with Gasteiger partial charge in [0, 0.05) is 30.0 Å². The molecular formula is C12H13NO3. The summed E-state index contributed by atoms with van der Waals surface area (Å²) in [6.07, 6.45) is 0.615. The first-order valence-corrected chi connectivity index (χ1v) is 5.16. The molecule has 0 fully saturated rings. The fourth-order valence-corrected chi connectivity index (χ4v) is 1.48. The van der Waals surface area contributed by atoms with Crippen LogP contribution in [0.2, 0.25) is 0 Å². The number of aromatic nitrogens is 1. The minimum absolute atomic E-state index is 0.110. The molecule has 0 aliphatic carbocycles. The van der Waals surface area contributed by atoms with Gasteiger partial charge in [-0.25, -0.2) is 0 Å². The average Bonchev–Trinajstić information content (AvgIpc) is 2.29. The monoisotopic (exact) mass is 219 g/mol. The first-order valence-electron chi connectivity index (χ1n) is 5.16. The third-order valence-corrected chi connectivity index (χ3v) is 2.27. The second-order valence-electron chi connectivity index (χ2n) is 3.50. The lowest BCUT2D eigenvalue weighted by Gasteiger charge is -2.05. The number of fused-ring (bicyclic) bond motifs is 1. The highest BCUT2D eigenvalue weighted by Crippen LogP contribution is 2.18. The molecular weight excluding hydrogens is 206 g/mol. The van der Waals surface area contributed by atoms with Gasteiger partial charge in [-0.1, -0.05) is 0 Å². The lowest BCUT2D eigenvalue weighted by Crippen LogP contribution is -2.03. The molecule has 0 spiro atoms. The van der Waals surface area contributed by atoms with Crippen molar-refractivity contribution in [3.8, 4) is 5.75 Å². The summed E-state index contributed by atoms with van der Waals surface area (Å²) in [7, 11) is 0. The molecule has 16 heavy (non-hydrogen) atoms. The fraction of sp³-hybridized carbons (Fsp3) is 0.250. The van der Waals surface area contributed by atoms with Gasteiger partial charge in [-0.3, -0.25) is 4.79 Å². The van der Waals surface area contributed by atoms with Crippen LogP contribution in [0.1, 0.15) is 6.42 Å². The van der Waals surface area contributed by atoms with Crippen molar-refractivity contribution >= 4 is 10.9 Å². The van der Waals surface area contributed by atoms with E-state index < -0.39 is 0 Å². The molecule has 0 unspecified atom stereocenters. The molecule has 2 aromatic rings. The van der Waals surface area contributed by atoms with E-state index >= 15 is 0 Å². The Bertz CT molecular complexity index is 533. The van der Waals surface area contributed by atoms with Crippen LogP contribution in [0.4, 0.5) is 0 Å². The molecule has 2 rings (SSSR count). The van der Waals surface area contributed by atoms with E-state index in [1.54, 1.807) is 12.1 Å². The lowest BCUT2D eigenvalue weighted by molar-refractivity contribution is 0.234. The SMILES string of the molecule is O=c1ccc2cc(OCCCO)ccc2[nH]1. The Labute approximate surface area is 92.5 Å². The second-order valence-corrected chi connectivity index (χ2v) is 3.50. The Morgan fingerprint density at radius 2 is 2.12 bits per heavy atom. The molecule has 0 bridgehead atoms. The topological polar surface area (TPSA) is 62.3 Å². The van der Waals surface area contributed by atoms with Gasteiger partial charge in [0.2, 0.25) is 5.56 Å². The Balaban J connectivity index is 2.23. The quantitative estimate of drug-likeness (QED) is 0.762. The molecule has 0 atom stereocenters. The first-order chi connectivity index (χ1) is 7.79. The molecule has 84 valence electrons. The van der Waals surface area contributed by atoms with Crippen LogP contribution in [0.15, 0.2) is 35.1 Å². The molecule has 1 aromatic carbocycles. The van der Waals surface area contributed by atoms with Crippen LogP contribution >= 0.6 is 0 Å². The summed E-state index contributed by atoms with van der Waals surface area (Å²) in [4.78, 5) is 13.8. The van der Waals surface area contributed by atoms with Crippen LogP contribution in [-0.4, -0.2) is 23.3 Å². The van der Waals surface area contributed by atoms with Crippen molar-refractivity contribution in [2.45, 2.75) is 6.42 Å². The van der Waals surface area contributed by atoms with Crippen LogP contribution in [0.3, 0.4) is 0 Å². The number of aliphatic hydroxyl groups excluding tert-OH is 1. The number of aromatic amines is 1. The van der Waals surface area contributed by atoms with Gasteiger partial charge in [0.15, 0.2) is 0 Å². The predicted octanol–water partition coefficient (Wildman–Crippen LogP) is 1.29. The van der Waals surface area contributed by atoms with Crippen molar-refractivity contribution < 1.29 is 9.84 Å². The summed E-state index contributed by atoms with van der Waals surface area (Å²) in [5.41, 5.74) is 0.684. The summed E-state index contributed by atoms with van der Waals surface area (Å²) in [5.74, 6) is 0.744. The Morgan fingerprint density at radius 3 is 2.94 bits per heavy atom. The number of H-pyrrole nitrogens is 1. The van der Waals surface area contributed by atoms with Gasteiger partial charge in [0.05, 0.1) is 6.61 Å². The van der Waals surface area contributed by atoms with E-state index in [0.717, 1.165) is 16.7 Å². The van der Waals surface area contributed by atoms with E-state index in [1.165, 1.54) is 6.07 Å². The van der Waals surface area contributed by atoms with Crippen molar-refractivity contribution in [2.24, 2.45) is 0 Å². The molecule has 0 amide bonds. The molecule has 0 aliphatic heterocycles. The van der Waals surface area contributed by atoms with Crippen molar-refractivity contribution in [3.05, 3.63) is 40.7 Å². The number of hydrogen-bond acceptors (Lipinski definition) is 3. The molecule has 0 aliphatic rings. The summed E-state index contributed by atoms with van der Waals surface area (Å²) in [6, 6.07) is 8.72. The van der Waals surface area contributed by atoms with Gasteiger partial charge in [-0.2, -0.15) is 0 Å². The number of benzene rings is 1. The van der Waals surface area contributed by atoms with Crippen LogP contribution < -0.4 is 10.3 Å². The van der Waals surface area contributed by atoms with E-state index in [2.05, 4.69) is 4.98 Å². The molecule has 1 heterocycles. The fourth-order valence-electron chi connectivity index (χ4n) is 1.48. The first kappa shape index (κ1) is 10.7. The van der Waals surface area contributed by atoms with Crippen LogP contribution in [-0.2, 0) is 0 Å². The maximum atomic E-state index is 11.1. The number of ether oxygens (including phenoxy) is 1. The number of pyridine rings is 1. The smallest absolute Gasteiger partial charge is 0.248 e. The van der Waals surface area contributed by atoms with Gasteiger partial charge in [0.25, 0.3) is 0 Å². The van der Waals surface area contributed by atoms with Crippen LogP contribution in [0.5, 0.6) is 5.75 Å². The van der Waals surface area contributed by atoms with E-state index in [-0.39, 0.29) is 12.2 Å². The van der Waals surface area contributed by atoms with Crippen molar-refractivity contribution in [1.29, 1.82) is 0 Å². The molecule has 1 aromatic heterocycles. The highest BCUT2D eigenvalue weighted by Gasteiger charge is 1.98. The van der Waals surface area contributed by atoms with E-state index in [1.807, 2.05) is 12.1 Å². The lowest BCUT2D eigenvalue weighted by atomic mass is 10.2. The van der Waals surface area contributed by atoms with Crippen molar-refractivity contribution in [2.75, 3.05) is 13.2 Å². The Kier molecular flexibility index (Phi) is 3.22. The summed E-state index contributed by atoms with van der Waals surface area (Å²) in [5, 5.41) is 9.56. The van der Waals surface area contributed by atoms with Gasteiger partial charge in [0.1, 0.15) is 5.75 Å². The third kappa shape index (κ3) is 2.41. The maximum absolute atomic E-state index is 11.1. The second kappa shape index (κ2) is 4.81. The number of aliphatic hydroxyl groups is 1. The summed E-state index contributed by atoms with van der Waals surface area (Å²) < 4.78 is 5.43. The van der Waals surface area contributed by atoms with E-state index in [0.29, 0.717) is 13.0 Å². The molecule has 4 nitrogen and oxygen atoms in total. The normalized spacial score (nSPS) is 10.6. The Hall–Kier alpha value is -1.81. The highest BCUT2D eigenvalue weighted by atomic mass is 16.5. The molecule has 4 heteroatoms. The van der Waals surface area contributed by atoms with Gasteiger partial charge >= 0.3 is 0 Å². The van der Waals surface area contributed by atoms with Gasteiger partial charge in [-0.15, -0.1) is 0 Å². The Morgan fingerprint density at radius 1 is 1.25 bits per heavy atom. The zero-order valence-corrected chi connectivity index (χ0v) is 8.77. The number of nitrogens with one attached hydrogen (secondary N) is 1. The zero-order chi connectivity index (χ0) is 11.4. The summed E-state index contributed by atoms with van der Waals surface area (Å²) >= 11 is 0. The number of rotatable bonds is 4. The zero-order valence-electron chi connectivity index (χ0n) is 8.77. The minimum atomic E-state index is -0.110. The average molecular weight is 219 g/mol. The van der Waals surface area contributed by atoms with Gasteiger partial charge in [-0.05, 0) is 24.3 Å².